The molecular weight excluding hydrogens is 196 g/mol. The molecule has 1 heterocycles. The minimum Gasteiger partial charge on any atom is -0.378 e. The minimum absolute atomic E-state index is 0.234. The number of halogens is 1. The number of alkyl halides is 1. The van der Waals surface area contributed by atoms with E-state index in [4.69, 9.17) is 16.3 Å². The molecule has 14 heavy (non-hydrogen) atoms. The zero-order chi connectivity index (χ0) is 10.6. The molecule has 0 amide bonds. The Bertz CT molecular complexity index is 156. The van der Waals surface area contributed by atoms with Crippen molar-refractivity contribution in [3.63, 3.8) is 0 Å². The van der Waals surface area contributed by atoms with Gasteiger partial charge in [0.25, 0.3) is 0 Å². The second-order valence-corrected chi connectivity index (χ2v) is 5.93. The lowest BCUT2D eigenvalue weighted by atomic mass is 9.88. The van der Waals surface area contributed by atoms with Crippen LogP contribution < -0.4 is 0 Å². The molecule has 0 aromatic heterocycles. The predicted molar refractivity (Wildman–Crippen MR) is 61.9 cm³/mol. The van der Waals surface area contributed by atoms with Crippen LogP contribution in [0.5, 0.6) is 0 Å². The van der Waals surface area contributed by atoms with Crippen molar-refractivity contribution in [1.82, 2.24) is 0 Å². The molecule has 0 aromatic rings. The maximum atomic E-state index is 6.30. The van der Waals surface area contributed by atoms with Crippen LogP contribution in [0.4, 0.5) is 0 Å². The highest BCUT2D eigenvalue weighted by Gasteiger charge is 2.22. The van der Waals surface area contributed by atoms with Crippen molar-refractivity contribution < 1.29 is 4.74 Å². The van der Waals surface area contributed by atoms with Gasteiger partial charge in [-0.2, -0.15) is 0 Å². The van der Waals surface area contributed by atoms with Gasteiger partial charge in [0.1, 0.15) is 0 Å². The van der Waals surface area contributed by atoms with E-state index in [1.54, 1.807) is 0 Å². The molecule has 2 heteroatoms. The van der Waals surface area contributed by atoms with E-state index >= 15 is 0 Å². The number of hydrogen-bond donors (Lipinski definition) is 0. The third kappa shape index (κ3) is 4.18. The van der Waals surface area contributed by atoms with Crippen LogP contribution in [0, 0.1) is 5.41 Å². The maximum Gasteiger partial charge on any atom is 0.0576 e. The van der Waals surface area contributed by atoms with Crippen LogP contribution in [-0.2, 0) is 4.74 Å². The first-order valence-corrected chi connectivity index (χ1v) is 6.19. The van der Waals surface area contributed by atoms with Crippen molar-refractivity contribution in [3.05, 3.63) is 0 Å². The maximum absolute atomic E-state index is 6.30. The molecule has 0 radical (unpaired) electrons. The first-order chi connectivity index (χ1) is 6.50. The normalized spacial score (nSPS) is 25.3. The number of rotatable bonds is 4. The van der Waals surface area contributed by atoms with Gasteiger partial charge in [0, 0.05) is 12.0 Å². The summed E-state index contributed by atoms with van der Waals surface area (Å²) in [5.74, 6) is 0. The average molecular weight is 219 g/mol. The Labute approximate surface area is 93.2 Å². The van der Waals surface area contributed by atoms with Gasteiger partial charge in [0.2, 0.25) is 0 Å². The molecule has 2 unspecified atom stereocenters. The van der Waals surface area contributed by atoms with Crippen LogP contribution in [0.1, 0.15) is 52.9 Å². The van der Waals surface area contributed by atoms with E-state index in [-0.39, 0.29) is 5.41 Å². The summed E-state index contributed by atoms with van der Waals surface area (Å²) in [4.78, 5) is 0. The Balaban J connectivity index is 2.08. The summed E-state index contributed by atoms with van der Waals surface area (Å²) < 4.78 is 5.58. The molecule has 1 saturated heterocycles. The second kappa shape index (κ2) is 5.37. The smallest absolute Gasteiger partial charge is 0.0576 e. The lowest BCUT2D eigenvalue weighted by Crippen LogP contribution is -2.21. The summed E-state index contributed by atoms with van der Waals surface area (Å²) in [5.41, 5.74) is 0.234. The van der Waals surface area contributed by atoms with Gasteiger partial charge in [0.05, 0.1) is 6.10 Å². The van der Waals surface area contributed by atoms with Crippen molar-refractivity contribution in [3.8, 4) is 0 Å². The molecule has 1 rings (SSSR count). The number of ether oxygens (including phenoxy) is 1. The monoisotopic (exact) mass is 218 g/mol. The standard InChI is InChI=1S/C12H23ClO/c1-12(2,3)11(13)8-4-6-10-7-5-9-14-10/h10-11H,4-9H2,1-3H3. The first-order valence-electron chi connectivity index (χ1n) is 5.76. The molecule has 1 aliphatic rings. The molecular formula is C12H23ClO. The highest BCUT2D eigenvalue weighted by Crippen LogP contribution is 2.29. The van der Waals surface area contributed by atoms with Gasteiger partial charge in [-0.3, -0.25) is 0 Å². The van der Waals surface area contributed by atoms with Crippen molar-refractivity contribution in [1.29, 1.82) is 0 Å². The lowest BCUT2D eigenvalue weighted by molar-refractivity contribution is 0.101. The Morgan fingerprint density at radius 3 is 2.64 bits per heavy atom. The molecule has 1 nitrogen and oxygen atoms in total. The molecule has 0 aromatic carbocycles. The lowest BCUT2D eigenvalue weighted by Gasteiger charge is -2.25. The molecule has 2 atom stereocenters. The molecule has 0 saturated carbocycles. The van der Waals surface area contributed by atoms with E-state index in [0.29, 0.717) is 11.5 Å². The van der Waals surface area contributed by atoms with E-state index in [0.717, 1.165) is 13.0 Å². The highest BCUT2D eigenvalue weighted by molar-refractivity contribution is 6.21. The van der Waals surface area contributed by atoms with Gasteiger partial charge in [-0.1, -0.05) is 20.8 Å². The van der Waals surface area contributed by atoms with Crippen LogP contribution in [0.3, 0.4) is 0 Å². The van der Waals surface area contributed by atoms with Crippen molar-refractivity contribution in [2.75, 3.05) is 6.61 Å². The Morgan fingerprint density at radius 1 is 1.43 bits per heavy atom. The van der Waals surface area contributed by atoms with E-state index in [9.17, 15) is 0 Å². The fourth-order valence-corrected chi connectivity index (χ4v) is 1.98. The van der Waals surface area contributed by atoms with E-state index in [1.165, 1.54) is 25.7 Å². The molecule has 1 aliphatic heterocycles. The van der Waals surface area contributed by atoms with Crippen LogP contribution in [-0.4, -0.2) is 18.1 Å². The summed E-state index contributed by atoms with van der Waals surface area (Å²) >= 11 is 6.30. The van der Waals surface area contributed by atoms with Gasteiger partial charge in [-0.15, -0.1) is 11.6 Å². The topological polar surface area (TPSA) is 9.23 Å². The summed E-state index contributed by atoms with van der Waals surface area (Å²) in [5, 5.41) is 0.295. The fourth-order valence-electron chi connectivity index (χ4n) is 1.83. The molecule has 0 bridgehead atoms. The van der Waals surface area contributed by atoms with Gasteiger partial charge in [0.15, 0.2) is 0 Å². The second-order valence-electron chi connectivity index (χ2n) is 5.40. The third-order valence-electron chi connectivity index (χ3n) is 2.95. The SMILES string of the molecule is CC(C)(C)C(Cl)CCCC1CCCO1. The number of hydrogen-bond acceptors (Lipinski definition) is 1. The van der Waals surface area contributed by atoms with Crippen molar-refractivity contribution in [2.45, 2.75) is 64.4 Å². The zero-order valence-corrected chi connectivity index (χ0v) is 10.4. The molecule has 1 fully saturated rings. The van der Waals surface area contributed by atoms with Crippen molar-refractivity contribution >= 4 is 11.6 Å². The Kier molecular flexibility index (Phi) is 4.72. The molecule has 0 spiro atoms. The quantitative estimate of drug-likeness (QED) is 0.649. The van der Waals surface area contributed by atoms with E-state index in [1.807, 2.05) is 0 Å². The van der Waals surface area contributed by atoms with E-state index in [2.05, 4.69) is 20.8 Å². The summed E-state index contributed by atoms with van der Waals surface area (Å²) in [7, 11) is 0. The molecule has 0 N–H and O–H groups in total. The first kappa shape index (κ1) is 12.3. The highest BCUT2D eigenvalue weighted by atomic mass is 35.5. The third-order valence-corrected chi connectivity index (χ3v) is 3.82. The summed E-state index contributed by atoms with van der Waals surface area (Å²) in [6, 6.07) is 0. The Morgan fingerprint density at radius 2 is 2.14 bits per heavy atom. The minimum atomic E-state index is 0.234. The van der Waals surface area contributed by atoms with E-state index < -0.39 is 0 Å². The van der Waals surface area contributed by atoms with Gasteiger partial charge in [-0.05, 0) is 37.5 Å². The predicted octanol–water partition coefficient (Wildman–Crippen LogP) is 3.99. The van der Waals surface area contributed by atoms with Crippen LogP contribution >= 0.6 is 11.6 Å². The van der Waals surface area contributed by atoms with Gasteiger partial charge >= 0.3 is 0 Å². The van der Waals surface area contributed by atoms with Gasteiger partial charge < -0.3 is 4.74 Å². The summed E-state index contributed by atoms with van der Waals surface area (Å²) in [6.45, 7) is 7.58. The molecule has 84 valence electrons. The van der Waals surface area contributed by atoms with Crippen LogP contribution in [0.2, 0.25) is 0 Å². The van der Waals surface area contributed by atoms with Crippen LogP contribution in [0.25, 0.3) is 0 Å². The zero-order valence-electron chi connectivity index (χ0n) is 9.68. The Hall–Kier alpha value is 0.250. The average Bonchev–Trinajstić information content (AvgIpc) is 2.55. The fraction of sp³-hybridized carbons (Fsp3) is 1.00. The molecule has 0 aliphatic carbocycles. The van der Waals surface area contributed by atoms with Crippen LogP contribution in [0.15, 0.2) is 0 Å². The van der Waals surface area contributed by atoms with Gasteiger partial charge in [-0.25, -0.2) is 0 Å². The summed E-state index contributed by atoms with van der Waals surface area (Å²) in [6.07, 6.45) is 6.54. The largest absolute Gasteiger partial charge is 0.378 e. The van der Waals surface area contributed by atoms with Crippen molar-refractivity contribution in [2.24, 2.45) is 5.41 Å².